The standard InChI is InChI=1S/C19H18ClN3O2/c1-2-6-17-22-18(25-23-17)12-21-16-10-9-14(20)11-15(16)19(24)13-7-4-3-5-8-13/h3-5,7-11,21H,2,6,12H2,1H3. The van der Waals surface area contributed by atoms with Gasteiger partial charge in [-0.2, -0.15) is 4.98 Å². The van der Waals surface area contributed by atoms with Crippen molar-refractivity contribution >= 4 is 23.1 Å². The van der Waals surface area contributed by atoms with Crippen LogP contribution in [0.3, 0.4) is 0 Å². The summed E-state index contributed by atoms with van der Waals surface area (Å²) in [7, 11) is 0. The minimum atomic E-state index is -0.0946. The summed E-state index contributed by atoms with van der Waals surface area (Å²) in [6.07, 6.45) is 1.74. The van der Waals surface area contributed by atoms with E-state index in [-0.39, 0.29) is 5.78 Å². The van der Waals surface area contributed by atoms with Crippen LogP contribution in [-0.2, 0) is 13.0 Å². The summed E-state index contributed by atoms with van der Waals surface area (Å²) in [6.45, 7) is 2.40. The van der Waals surface area contributed by atoms with E-state index in [1.807, 2.05) is 18.2 Å². The van der Waals surface area contributed by atoms with E-state index in [0.717, 1.165) is 12.8 Å². The summed E-state index contributed by atoms with van der Waals surface area (Å²) in [5.41, 5.74) is 1.79. The molecule has 5 nitrogen and oxygen atoms in total. The molecule has 1 heterocycles. The smallest absolute Gasteiger partial charge is 0.245 e. The highest BCUT2D eigenvalue weighted by Gasteiger charge is 2.15. The van der Waals surface area contributed by atoms with Gasteiger partial charge in [0.15, 0.2) is 11.6 Å². The molecular formula is C19H18ClN3O2. The molecule has 0 aliphatic rings. The van der Waals surface area contributed by atoms with E-state index in [9.17, 15) is 4.79 Å². The first-order chi connectivity index (χ1) is 12.2. The highest BCUT2D eigenvalue weighted by atomic mass is 35.5. The number of hydrogen-bond acceptors (Lipinski definition) is 5. The lowest BCUT2D eigenvalue weighted by Crippen LogP contribution is -2.08. The average Bonchev–Trinajstić information content (AvgIpc) is 3.08. The summed E-state index contributed by atoms with van der Waals surface area (Å²) < 4.78 is 5.21. The molecule has 0 amide bonds. The molecule has 6 heteroatoms. The molecule has 0 radical (unpaired) electrons. The Morgan fingerprint density at radius 1 is 1.20 bits per heavy atom. The second-order valence-corrected chi connectivity index (χ2v) is 6.03. The van der Waals surface area contributed by atoms with Crippen molar-refractivity contribution in [3.8, 4) is 0 Å². The van der Waals surface area contributed by atoms with Gasteiger partial charge in [0, 0.05) is 28.3 Å². The summed E-state index contributed by atoms with van der Waals surface area (Å²) in [5, 5.41) is 7.62. The number of rotatable bonds is 7. The first kappa shape index (κ1) is 17.2. The van der Waals surface area contributed by atoms with Gasteiger partial charge in [-0.25, -0.2) is 0 Å². The van der Waals surface area contributed by atoms with Gasteiger partial charge in [0.2, 0.25) is 5.89 Å². The zero-order valence-corrected chi connectivity index (χ0v) is 14.6. The lowest BCUT2D eigenvalue weighted by Gasteiger charge is -2.10. The fourth-order valence-electron chi connectivity index (χ4n) is 2.46. The third-order valence-corrected chi connectivity index (χ3v) is 3.91. The molecule has 128 valence electrons. The molecule has 0 unspecified atom stereocenters. The van der Waals surface area contributed by atoms with E-state index in [4.69, 9.17) is 16.1 Å². The molecule has 0 bridgehead atoms. The van der Waals surface area contributed by atoms with Crippen molar-refractivity contribution in [2.75, 3.05) is 5.32 Å². The van der Waals surface area contributed by atoms with Crippen LogP contribution < -0.4 is 5.32 Å². The van der Waals surface area contributed by atoms with Crippen molar-refractivity contribution in [1.82, 2.24) is 10.1 Å². The Morgan fingerprint density at radius 3 is 2.76 bits per heavy atom. The van der Waals surface area contributed by atoms with Crippen LogP contribution in [0.4, 0.5) is 5.69 Å². The van der Waals surface area contributed by atoms with E-state index in [0.29, 0.717) is 40.1 Å². The highest BCUT2D eigenvalue weighted by Crippen LogP contribution is 2.24. The van der Waals surface area contributed by atoms with Crippen LogP contribution in [0, 0.1) is 0 Å². The fraction of sp³-hybridized carbons (Fsp3) is 0.211. The lowest BCUT2D eigenvalue weighted by molar-refractivity contribution is 0.103. The number of aryl methyl sites for hydroxylation is 1. The van der Waals surface area contributed by atoms with Crippen molar-refractivity contribution in [1.29, 1.82) is 0 Å². The van der Waals surface area contributed by atoms with Gasteiger partial charge in [-0.3, -0.25) is 4.79 Å². The van der Waals surface area contributed by atoms with Crippen molar-refractivity contribution in [2.24, 2.45) is 0 Å². The maximum atomic E-state index is 12.8. The van der Waals surface area contributed by atoms with Gasteiger partial charge >= 0.3 is 0 Å². The summed E-state index contributed by atoms with van der Waals surface area (Å²) >= 11 is 6.08. The molecule has 25 heavy (non-hydrogen) atoms. The second kappa shape index (κ2) is 7.94. The SMILES string of the molecule is CCCc1noc(CNc2ccc(Cl)cc2C(=O)c2ccccc2)n1. The number of nitrogens with zero attached hydrogens (tertiary/aromatic N) is 2. The molecule has 3 aromatic rings. The first-order valence-electron chi connectivity index (χ1n) is 8.12. The summed E-state index contributed by atoms with van der Waals surface area (Å²) in [5.74, 6) is 1.08. The Balaban J connectivity index is 1.80. The Bertz CT molecular complexity index is 862. The maximum Gasteiger partial charge on any atom is 0.245 e. The number of nitrogens with one attached hydrogen (secondary N) is 1. The van der Waals surface area contributed by atoms with E-state index in [2.05, 4.69) is 22.4 Å². The molecule has 1 aromatic heterocycles. The number of ketones is 1. The first-order valence-corrected chi connectivity index (χ1v) is 8.50. The van der Waals surface area contributed by atoms with Crippen LogP contribution >= 0.6 is 11.6 Å². The van der Waals surface area contributed by atoms with Crippen LogP contribution in [0.25, 0.3) is 0 Å². The van der Waals surface area contributed by atoms with E-state index in [1.165, 1.54) is 0 Å². The molecule has 0 spiro atoms. The van der Waals surface area contributed by atoms with Crippen LogP contribution in [0.1, 0.15) is 41.0 Å². The van der Waals surface area contributed by atoms with Crippen molar-refractivity contribution in [3.63, 3.8) is 0 Å². The quantitative estimate of drug-likeness (QED) is 0.631. The predicted molar refractivity (Wildman–Crippen MR) is 96.9 cm³/mol. The summed E-state index contributed by atoms with van der Waals surface area (Å²) in [4.78, 5) is 17.1. The van der Waals surface area contributed by atoms with E-state index in [1.54, 1.807) is 30.3 Å². The van der Waals surface area contributed by atoms with Gasteiger partial charge in [-0.05, 0) is 24.6 Å². The molecule has 0 atom stereocenters. The normalized spacial score (nSPS) is 10.6. The molecule has 0 aliphatic carbocycles. The van der Waals surface area contributed by atoms with Crippen LogP contribution in [0.5, 0.6) is 0 Å². The largest absolute Gasteiger partial charge is 0.376 e. The molecule has 1 N–H and O–H groups in total. The Labute approximate surface area is 151 Å². The highest BCUT2D eigenvalue weighted by molar-refractivity contribution is 6.31. The number of carbonyl (C=O) groups excluding carboxylic acids is 1. The third kappa shape index (κ3) is 4.25. The number of carbonyl (C=O) groups is 1. The van der Waals surface area contributed by atoms with Gasteiger partial charge in [0.1, 0.15) is 0 Å². The molecule has 2 aromatic carbocycles. The van der Waals surface area contributed by atoms with E-state index >= 15 is 0 Å². The van der Waals surface area contributed by atoms with Gasteiger partial charge in [0.05, 0.1) is 6.54 Å². The van der Waals surface area contributed by atoms with Crippen molar-refractivity contribution < 1.29 is 9.32 Å². The zero-order valence-electron chi connectivity index (χ0n) is 13.8. The monoisotopic (exact) mass is 355 g/mol. The van der Waals surface area contributed by atoms with Gasteiger partial charge < -0.3 is 9.84 Å². The minimum absolute atomic E-state index is 0.0946. The van der Waals surface area contributed by atoms with Crippen LogP contribution in [0.2, 0.25) is 5.02 Å². The minimum Gasteiger partial charge on any atom is -0.376 e. The number of aromatic nitrogens is 2. The lowest BCUT2D eigenvalue weighted by atomic mass is 10.0. The molecule has 0 saturated heterocycles. The second-order valence-electron chi connectivity index (χ2n) is 5.59. The molecule has 3 rings (SSSR count). The Hall–Kier alpha value is -2.66. The molecule has 0 fully saturated rings. The average molecular weight is 356 g/mol. The number of anilines is 1. The van der Waals surface area contributed by atoms with E-state index < -0.39 is 0 Å². The number of benzene rings is 2. The van der Waals surface area contributed by atoms with Gasteiger partial charge in [0.25, 0.3) is 0 Å². The Morgan fingerprint density at radius 2 is 2.00 bits per heavy atom. The fourth-order valence-corrected chi connectivity index (χ4v) is 2.63. The van der Waals surface area contributed by atoms with Crippen molar-refractivity contribution in [2.45, 2.75) is 26.3 Å². The Kier molecular flexibility index (Phi) is 5.46. The number of hydrogen-bond donors (Lipinski definition) is 1. The number of halogens is 1. The van der Waals surface area contributed by atoms with Crippen LogP contribution in [-0.4, -0.2) is 15.9 Å². The molecule has 0 saturated carbocycles. The summed E-state index contributed by atoms with van der Waals surface area (Å²) in [6, 6.07) is 14.3. The van der Waals surface area contributed by atoms with Crippen LogP contribution in [0.15, 0.2) is 53.1 Å². The molecular weight excluding hydrogens is 338 g/mol. The van der Waals surface area contributed by atoms with Gasteiger partial charge in [-0.15, -0.1) is 0 Å². The van der Waals surface area contributed by atoms with Crippen molar-refractivity contribution in [3.05, 3.63) is 76.4 Å². The zero-order chi connectivity index (χ0) is 17.6. The van der Waals surface area contributed by atoms with Gasteiger partial charge in [-0.1, -0.05) is 54.0 Å². The molecule has 0 aliphatic heterocycles. The third-order valence-electron chi connectivity index (χ3n) is 3.68. The maximum absolute atomic E-state index is 12.8. The topological polar surface area (TPSA) is 68.0 Å². The predicted octanol–water partition coefficient (Wildman–Crippen LogP) is 4.52.